The second kappa shape index (κ2) is 9.49. The van der Waals surface area contributed by atoms with Crippen LogP contribution in [0.1, 0.15) is 40.1 Å². The van der Waals surface area contributed by atoms with Crippen LogP contribution in [0.3, 0.4) is 0 Å². The summed E-state index contributed by atoms with van der Waals surface area (Å²) in [6.45, 7) is 5.69. The highest BCUT2D eigenvalue weighted by Crippen LogP contribution is 2.32. The molecule has 0 fully saturated rings. The summed E-state index contributed by atoms with van der Waals surface area (Å²) < 4.78 is 6.39. The standard InChI is InChI=1S/C27H27N3O4/c1-16-14-20(18(3)29-22-12-9-13-28-23(22)27(32)30(4)33-5)26-21(15-16)24(31)17(2)25(34-26)19-10-7-6-8-11-19/h6-15,18,29H,1-5H3. The summed E-state index contributed by atoms with van der Waals surface area (Å²) in [6, 6.07) is 16.7. The topological polar surface area (TPSA) is 84.7 Å². The molecule has 7 nitrogen and oxygen atoms in total. The lowest BCUT2D eigenvalue weighted by Gasteiger charge is -2.21. The van der Waals surface area contributed by atoms with Gasteiger partial charge in [0.25, 0.3) is 5.91 Å². The Labute approximate surface area is 198 Å². The van der Waals surface area contributed by atoms with E-state index in [2.05, 4.69) is 10.3 Å². The molecule has 1 atom stereocenters. The second-order valence-corrected chi connectivity index (χ2v) is 8.23. The number of nitrogens with zero attached hydrogens (tertiary/aromatic N) is 2. The third kappa shape index (κ3) is 4.30. The quantitative estimate of drug-likeness (QED) is 0.397. The number of hydrogen-bond donors (Lipinski definition) is 1. The van der Waals surface area contributed by atoms with Crippen molar-refractivity contribution in [1.82, 2.24) is 10.0 Å². The molecule has 0 aliphatic heterocycles. The molecule has 7 heteroatoms. The highest BCUT2D eigenvalue weighted by Gasteiger charge is 2.22. The van der Waals surface area contributed by atoms with E-state index in [0.717, 1.165) is 21.8 Å². The van der Waals surface area contributed by atoms with E-state index in [1.54, 1.807) is 25.3 Å². The Hall–Kier alpha value is -3.97. The lowest BCUT2D eigenvalue weighted by atomic mass is 9.98. The number of nitrogens with one attached hydrogen (secondary N) is 1. The number of hydroxylamine groups is 2. The smallest absolute Gasteiger partial charge is 0.297 e. The zero-order valence-electron chi connectivity index (χ0n) is 19.9. The Morgan fingerprint density at radius 1 is 1.12 bits per heavy atom. The van der Waals surface area contributed by atoms with Crippen LogP contribution in [0.4, 0.5) is 5.69 Å². The van der Waals surface area contributed by atoms with Crippen LogP contribution in [0.2, 0.25) is 0 Å². The van der Waals surface area contributed by atoms with Gasteiger partial charge in [0.2, 0.25) is 0 Å². The summed E-state index contributed by atoms with van der Waals surface area (Å²) in [5.41, 5.74) is 4.41. The Morgan fingerprint density at radius 2 is 1.85 bits per heavy atom. The van der Waals surface area contributed by atoms with Gasteiger partial charge in [0.05, 0.1) is 24.2 Å². The number of aromatic nitrogens is 1. The van der Waals surface area contributed by atoms with Gasteiger partial charge in [-0.25, -0.2) is 10.0 Å². The van der Waals surface area contributed by atoms with Crippen LogP contribution in [0.15, 0.2) is 70.0 Å². The molecule has 0 saturated heterocycles. The van der Waals surface area contributed by atoms with Crippen LogP contribution in [-0.4, -0.2) is 30.1 Å². The number of amides is 1. The van der Waals surface area contributed by atoms with E-state index in [0.29, 0.717) is 28.0 Å². The summed E-state index contributed by atoms with van der Waals surface area (Å²) in [6.07, 6.45) is 1.56. The largest absolute Gasteiger partial charge is 0.455 e. The third-order valence-electron chi connectivity index (χ3n) is 5.84. The van der Waals surface area contributed by atoms with Gasteiger partial charge >= 0.3 is 0 Å². The summed E-state index contributed by atoms with van der Waals surface area (Å²) in [5.74, 6) is 0.176. The molecule has 4 aromatic rings. The van der Waals surface area contributed by atoms with Gasteiger partial charge in [-0.05, 0) is 44.5 Å². The van der Waals surface area contributed by atoms with Crippen molar-refractivity contribution in [3.05, 3.63) is 93.4 Å². The van der Waals surface area contributed by atoms with Gasteiger partial charge < -0.3 is 9.73 Å². The Balaban J connectivity index is 1.83. The highest BCUT2D eigenvalue weighted by molar-refractivity contribution is 5.97. The monoisotopic (exact) mass is 457 g/mol. The van der Waals surface area contributed by atoms with Gasteiger partial charge in [0.1, 0.15) is 11.3 Å². The van der Waals surface area contributed by atoms with Crippen molar-refractivity contribution >= 4 is 22.6 Å². The van der Waals surface area contributed by atoms with Crippen molar-refractivity contribution in [3.63, 3.8) is 0 Å². The minimum absolute atomic E-state index is 0.0591. The molecule has 34 heavy (non-hydrogen) atoms. The van der Waals surface area contributed by atoms with Crippen molar-refractivity contribution in [2.45, 2.75) is 26.8 Å². The number of rotatable bonds is 6. The van der Waals surface area contributed by atoms with Crippen LogP contribution in [-0.2, 0) is 4.84 Å². The zero-order chi connectivity index (χ0) is 24.4. The van der Waals surface area contributed by atoms with Gasteiger partial charge in [-0.1, -0.05) is 36.4 Å². The minimum Gasteiger partial charge on any atom is -0.455 e. The molecule has 0 aliphatic rings. The number of benzene rings is 2. The summed E-state index contributed by atoms with van der Waals surface area (Å²) >= 11 is 0. The van der Waals surface area contributed by atoms with Gasteiger partial charge in [0.15, 0.2) is 11.1 Å². The predicted octanol–water partition coefficient (Wildman–Crippen LogP) is 5.28. The number of anilines is 1. The number of aryl methyl sites for hydroxylation is 1. The van der Waals surface area contributed by atoms with Crippen molar-refractivity contribution < 1.29 is 14.0 Å². The molecule has 174 valence electrons. The molecular weight excluding hydrogens is 430 g/mol. The van der Waals surface area contributed by atoms with Gasteiger partial charge in [-0.2, -0.15) is 0 Å². The van der Waals surface area contributed by atoms with E-state index in [1.807, 2.05) is 56.3 Å². The zero-order valence-corrected chi connectivity index (χ0v) is 19.9. The fourth-order valence-electron chi connectivity index (χ4n) is 3.99. The van der Waals surface area contributed by atoms with E-state index in [9.17, 15) is 9.59 Å². The van der Waals surface area contributed by atoms with E-state index in [4.69, 9.17) is 9.25 Å². The van der Waals surface area contributed by atoms with Crippen molar-refractivity contribution in [3.8, 4) is 11.3 Å². The molecule has 0 radical (unpaired) electrons. The summed E-state index contributed by atoms with van der Waals surface area (Å²) in [7, 11) is 2.95. The Kier molecular flexibility index (Phi) is 6.47. The molecule has 2 heterocycles. The fourth-order valence-corrected chi connectivity index (χ4v) is 3.99. The average molecular weight is 458 g/mol. The van der Waals surface area contributed by atoms with E-state index < -0.39 is 0 Å². The first kappa shape index (κ1) is 23.2. The molecule has 1 unspecified atom stereocenters. The lowest BCUT2D eigenvalue weighted by Crippen LogP contribution is -2.27. The number of fused-ring (bicyclic) bond motifs is 1. The predicted molar refractivity (Wildman–Crippen MR) is 133 cm³/mol. The molecule has 0 spiro atoms. The molecular formula is C27H27N3O4. The molecule has 1 N–H and O–H groups in total. The van der Waals surface area contributed by atoms with E-state index in [1.165, 1.54) is 14.2 Å². The van der Waals surface area contributed by atoms with E-state index >= 15 is 0 Å². The van der Waals surface area contributed by atoms with Crippen molar-refractivity contribution in [1.29, 1.82) is 0 Å². The minimum atomic E-state index is -0.375. The number of carbonyl (C=O) groups is 1. The van der Waals surface area contributed by atoms with Crippen molar-refractivity contribution in [2.24, 2.45) is 0 Å². The second-order valence-electron chi connectivity index (χ2n) is 8.23. The maximum Gasteiger partial charge on any atom is 0.297 e. The molecule has 0 saturated carbocycles. The van der Waals surface area contributed by atoms with Crippen molar-refractivity contribution in [2.75, 3.05) is 19.5 Å². The van der Waals surface area contributed by atoms with Crippen LogP contribution in [0.25, 0.3) is 22.3 Å². The van der Waals surface area contributed by atoms with Crippen LogP contribution < -0.4 is 10.7 Å². The number of carbonyl (C=O) groups excluding carboxylic acids is 1. The van der Waals surface area contributed by atoms with Gasteiger partial charge in [-0.3, -0.25) is 14.4 Å². The van der Waals surface area contributed by atoms with E-state index in [-0.39, 0.29) is 23.1 Å². The lowest BCUT2D eigenvalue weighted by molar-refractivity contribution is -0.0759. The number of hydrogen-bond acceptors (Lipinski definition) is 6. The first-order chi connectivity index (χ1) is 16.3. The molecule has 4 rings (SSSR count). The summed E-state index contributed by atoms with van der Waals surface area (Å²) in [5, 5.41) is 5.02. The normalized spacial score (nSPS) is 11.9. The van der Waals surface area contributed by atoms with Gasteiger partial charge in [-0.15, -0.1) is 0 Å². The van der Waals surface area contributed by atoms with Crippen LogP contribution in [0.5, 0.6) is 0 Å². The van der Waals surface area contributed by atoms with Crippen LogP contribution >= 0.6 is 0 Å². The molecule has 0 aliphatic carbocycles. The molecule has 2 aromatic heterocycles. The SMILES string of the molecule is CON(C)C(=O)c1ncccc1NC(C)c1cc(C)cc2c(=O)c(C)c(-c3ccccc3)oc12. The maximum absolute atomic E-state index is 13.3. The number of pyridine rings is 1. The first-order valence-electron chi connectivity index (χ1n) is 11.0. The molecule has 2 aromatic carbocycles. The highest BCUT2D eigenvalue weighted by atomic mass is 16.7. The fraction of sp³-hybridized carbons (Fsp3) is 0.222. The average Bonchev–Trinajstić information content (AvgIpc) is 2.86. The van der Waals surface area contributed by atoms with Crippen LogP contribution in [0, 0.1) is 13.8 Å². The Bertz CT molecular complexity index is 1410. The molecule has 0 bridgehead atoms. The molecule has 1 amide bonds. The van der Waals surface area contributed by atoms with Gasteiger partial charge in [0, 0.05) is 29.9 Å². The Morgan fingerprint density at radius 3 is 2.56 bits per heavy atom. The third-order valence-corrected chi connectivity index (χ3v) is 5.84. The first-order valence-corrected chi connectivity index (χ1v) is 11.0. The summed E-state index contributed by atoms with van der Waals surface area (Å²) in [4.78, 5) is 35.3. The maximum atomic E-state index is 13.3.